The number of ether oxygens (including phenoxy) is 3. The van der Waals surface area contributed by atoms with E-state index in [0.717, 1.165) is 24.5 Å². The fourth-order valence-corrected chi connectivity index (χ4v) is 4.03. The Labute approximate surface area is 203 Å². The molecule has 0 spiro atoms. The molecule has 0 atom stereocenters. The van der Waals surface area contributed by atoms with Crippen LogP contribution in [0.1, 0.15) is 78.2 Å². The zero-order valence-electron chi connectivity index (χ0n) is 19.8. The summed E-state index contributed by atoms with van der Waals surface area (Å²) in [7, 11) is 2.84. The van der Waals surface area contributed by atoms with Gasteiger partial charge in [-0.3, -0.25) is 10.1 Å². The first-order valence-electron chi connectivity index (χ1n) is 11.3. The summed E-state index contributed by atoms with van der Waals surface area (Å²) in [5.74, 6) is 1.85. The van der Waals surface area contributed by atoms with Crippen LogP contribution in [0.25, 0.3) is 0 Å². The number of thioether (sulfide) groups is 1. The standard InChI is InChI=1S/C23H38N2O6S.CH4/c1-18(2)32-14-12-10-8-6-5-7-9-11-13-24-23(26)31-17-19-15-21(29-3)22(30-4)16-20(19)25(27)28;/h15-16,18H,5-14,17H2,1-4H3,(H,24,26);1H4. The van der Waals surface area contributed by atoms with Gasteiger partial charge in [-0.15, -0.1) is 0 Å². The first-order chi connectivity index (χ1) is 15.4. The van der Waals surface area contributed by atoms with Gasteiger partial charge in [0.1, 0.15) is 6.61 Å². The fourth-order valence-electron chi connectivity index (χ4n) is 3.19. The van der Waals surface area contributed by atoms with Crippen LogP contribution < -0.4 is 14.8 Å². The Morgan fingerprint density at radius 3 is 2.09 bits per heavy atom. The van der Waals surface area contributed by atoms with Crippen LogP contribution >= 0.6 is 11.8 Å². The lowest BCUT2D eigenvalue weighted by molar-refractivity contribution is -0.385. The topological polar surface area (TPSA) is 99.9 Å². The van der Waals surface area contributed by atoms with Crippen molar-refractivity contribution in [2.75, 3.05) is 26.5 Å². The molecule has 1 N–H and O–H groups in total. The molecule has 1 aromatic rings. The predicted octanol–water partition coefficient (Wildman–Crippen LogP) is 6.74. The van der Waals surface area contributed by atoms with Gasteiger partial charge < -0.3 is 19.5 Å². The van der Waals surface area contributed by atoms with E-state index in [1.165, 1.54) is 64.2 Å². The number of rotatable bonds is 17. The van der Waals surface area contributed by atoms with Crippen molar-refractivity contribution in [3.8, 4) is 11.5 Å². The van der Waals surface area contributed by atoms with Gasteiger partial charge in [-0.1, -0.05) is 59.8 Å². The SMILES string of the molecule is C.COc1cc(COC(=O)NCCCCCCCCCCSC(C)C)c([N+](=O)[O-])cc1OC. The molecule has 8 nitrogen and oxygen atoms in total. The molecular weight excluding hydrogens is 444 g/mol. The highest BCUT2D eigenvalue weighted by Gasteiger charge is 2.20. The third kappa shape index (κ3) is 13.2. The van der Waals surface area contributed by atoms with Crippen molar-refractivity contribution in [1.82, 2.24) is 5.32 Å². The van der Waals surface area contributed by atoms with E-state index in [2.05, 4.69) is 19.2 Å². The molecule has 1 aromatic carbocycles. The predicted molar refractivity (Wildman–Crippen MR) is 136 cm³/mol. The van der Waals surface area contributed by atoms with Crippen molar-refractivity contribution in [2.24, 2.45) is 0 Å². The lowest BCUT2D eigenvalue weighted by Gasteiger charge is -2.11. The molecule has 0 aliphatic carbocycles. The molecule has 9 heteroatoms. The van der Waals surface area contributed by atoms with Crippen molar-refractivity contribution in [3.05, 3.63) is 27.8 Å². The second-order valence-electron chi connectivity index (χ2n) is 7.84. The third-order valence-corrected chi connectivity index (χ3v) is 6.12. The first kappa shape index (κ1) is 30.8. The summed E-state index contributed by atoms with van der Waals surface area (Å²) in [4.78, 5) is 22.7. The fraction of sp³-hybridized carbons (Fsp3) is 0.708. The molecule has 0 bridgehead atoms. The molecule has 0 aliphatic rings. The van der Waals surface area contributed by atoms with Crippen LogP contribution in [0.15, 0.2) is 12.1 Å². The summed E-state index contributed by atoms with van der Waals surface area (Å²) in [6.07, 6.45) is 8.93. The number of unbranched alkanes of at least 4 members (excludes halogenated alkanes) is 7. The van der Waals surface area contributed by atoms with Gasteiger partial charge >= 0.3 is 6.09 Å². The Bertz CT molecular complexity index is 700. The van der Waals surface area contributed by atoms with E-state index in [-0.39, 0.29) is 31.0 Å². The second-order valence-corrected chi connectivity index (χ2v) is 9.53. The van der Waals surface area contributed by atoms with E-state index < -0.39 is 11.0 Å². The van der Waals surface area contributed by atoms with Crippen LogP contribution in [0.5, 0.6) is 11.5 Å². The maximum atomic E-state index is 11.9. The minimum atomic E-state index is -0.589. The number of nitrogens with zero attached hydrogens (tertiary/aromatic N) is 1. The van der Waals surface area contributed by atoms with E-state index in [9.17, 15) is 14.9 Å². The maximum absolute atomic E-state index is 11.9. The highest BCUT2D eigenvalue weighted by molar-refractivity contribution is 7.99. The number of amides is 1. The Kier molecular flexibility index (Phi) is 17.1. The molecule has 0 heterocycles. The lowest BCUT2D eigenvalue weighted by atomic mass is 10.1. The van der Waals surface area contributed by atoms with Crippen LogP contribution in [0.3, 0.4) is 0 Å². The van der Waals surface area contributed by atoms with Crippen molar-refractivity contribution in [1.29, 1.82) is 0 Å². The van der Waals surface area contributed by atoms with Crippen LogP contribution in [-0.2, 0) is 11.3 Å². The van der Waals surface area contributed by atoms with Crippen LogP contribution in [0, 0.1) is 10.1 Å². The van der Waals surface area contributed by atoms with Crippen molar-refractivity contribution < 1.29 is 23.9 Å². The number of benzene rings is 1. The molecule has 1 amide bonds. The van der Waals surface area contributed by atoms with Gasteiger partial charge in [-0.2, -0.15) is 11.8 Å². The number of alkyl carbamates (subject to hydrolysis) is 1. The van der Waals surface area contributed by atoms with E-state index in [1.54, 1.807) is 0 Å². The van der Waals surface area contributed by atoms with Gasteiger partial charge in [-0.25, -0.2) is 4.79 Å². The number of nitro groups is 1. The number of nitro benzene ring substituents is 1. The highest BCUT2D eigenvalue weighted by atomic mass is 32.2. The zero-order chi connectivity index (χ0) is 23.8. The Morgan fingerprint density at radius 1 is 1.00 bits per heavy atom. The van der Waals surface area contributed by atoms with Gasteiger partial charge in [0, 0.05) is 6.54 Å². The quantitative estimate of drug-likeness (QED) is 0.148. The third-order valence-electron chi connectivity index (χ3n) is 4.93. The molecule has 0 saturated heterocycles. The number of carbonyl (C=O) groups excluding carboxylic acids is 1. The monoisotopic (exact) mass is 486 g/mol. The smallest absolute Gasteiger partial charge is 0.407 e. The summed E-state index contributed by atoms with van der Waals surface area (Å²) in [6, 6.07) is 2.72. The molecule has 1 rings (SSSR count). The minimum Gasteiger partial charge on any atom is -0.493 e. The van der Waals surface area contributed by atoms with Crippen molar-refractivity contribution in [3.63, 3.8) is 0 Å². The zero-order valence-corrected chi connectivity index (χ0v) is 20.6. The number of nitrogens with one attached hydrogen (secondary N) is 1. The molecule has 33 heavy (non-hydrogen) atoms. The normalized spacial score (nSPS) is 10.5. The number of hydrogen-bond donors (Lipinski definition) is 1. The largest absolute Gasteiger partial charge is 0.493 e. The molecule has 0 saturated carbocycles. The maximum Gasteiger partial charge on any atom is 0.407 e. The van der Waals surface area contributed by atoms with Crippen molar-refractivity contribution in [2.45, 2.75) is 84.5 Å². The van der Waals surface area contributed by atoms with E-state index >= 15 is 0 Å². The average Bonchev–Trinajstić information content (AvgIpc) is 2.77. The Balaban J connectivity index is 0.0000102. The van der Waals surface area contributed by atoms with Gasteiger partial charge in [0.05, 0.1) is 30.8 Å². The van der Waals surface area contributed by atoms with Crippen molar-refractivity contribution >= 4 is 23.5 Å². The molecular formula is C24H42N2O6S. The Hall–Kier alpha value is -2.16. The van der Waals surface area contributed by atoms with E-state index in [4.69, 9.17) is 14.2 Å². The number of methoxy groups -OCH3 is 2. The summed E-state index contributed by atoms with van der Waals surface area (Å²) in [6.45, 7) is 4.78. The first-order valence-corrected chi connectivity index (χ1v) is 12.4. The molecule has 0 radical (unpaired) electrons. The molecule has 190 valence electrons. The molecule has 0 aliphatic heterocycles. The molecule has 0 unspecified atom stereocenters. The van der Waals surface area contributed by atoms with Gasteiger partial charge in [-0.05, 0) is 29.9 Å². The van der Waals surface area contributed by atoms with Gasteiger partial charge in [0.15, 0.2) is 11.5 Å². The minimum absolute atomic E-state index is 0. The summed E-state index contributed by atoms with van der Waals surface area (Å²) in [5.41, 5.74) is 0.0553. The van der Waals surface area contributed by atoms with Crippen LogP contribution in [0.4, 0.5) is 10.5 Å². The second kappa shape index (κ2) is 18.3. The number of hydrogen-bond acceptors (Lipinski definition) is 7. The van der Waals surface area contributed by atoms with E-state index in [1.807, 2.05) is 11.8 Å². The van der Waals surface area contributed by atoms with Gasteiger partial charge in [0.2, 0.25) is 0 Å². The molecule has 0 fully saturated rings. The number of carbonyl (C=O) groups is 1. The Morgan fingerprint density at radius 2 is 1.55 bits per heavy atom. The summed E-state index contributed by atoms with van der Waals surface area (Å²) < 4.78 is 15.4. The molecule has 0 aromatic heterocycles. The van der Waals surface area contributed by atoms with E-state index in [0.29, 0.717) is 12.3 Å². The average molecular weight is 487 g/mol. The summed E-state index contributed by atoms with van der Waals surface area (Å²) in [5, 5.41) is 14.7. The summed E-state index contributed by atoms with van der Waals surface area (Å²) >= 11 is 2.03. The lowest BCUT2D eigenvalue weighted by Crippen LogP contribution is -2.25. The highest BCUT2D eigenvalue weighted by Crippen LogP contribution is 2.34. The van der Waals surface area contributed by atoms with Crippen LogP contribution in [0.2, 0.25) is 0 Å². The van der Waals surface area contributed by atoms with Crippen LogP contribution in [-0.4, -0.2) is 42.8 Å². The van der Waals surface area contributed by atoms with Gasteiger partial charge in [0.25, 0.3) is 5.69 Å².